The molecule has 0 bridgehead atoms. The van der Waals surface area contributed by atoms with Crippen molar-refractivity contribution in [2.24, 2.45) is 10.8 Å². The molecule has 47 heavy (non-hydrogen) atoms. The van der Waals surface area contributed by atoms with Crippen LogP contribution in [0.4, 0.5) is 5.82 Å². The van der Waals surface area contributed by atoms with Crippen molar-refractivity contribution in [3.8, 4) is 0 Å². The lowest BCUT2D eigenvalue weighted by Crippen LogP contribution is -2.76. The number of carbonyl (C=O) groups excluding carboxylic acids is 2. The number of carbonyl (C=O) groups is 2. The van der Waals surface area contributed by atoms with E-state index in [0.29, 0.717) is 40.7 Å². The molecule has 0 radical (unpaired) electrons. The summed E-state index contributed by atoms with van der Waals surface area (Å²) in [5, 5.41) is 3.50. The Morgan fingerprint density at radius 2 is 1.57 bits per heavy atom. The second kappa shape index (κ2) is 12.5. The zero-order valence-corrected chi connectivity index (χ0v) is 29.4. The van der Waals surface area contributed by atoms with Crippen LogP contribution in [0.25, 0.3) is 11.2 Å². The summed E-state index contributed by atoms with van der Waals surface area (Å²) >= 11 is 0. The third-order valence-electron chi connectivity index (χ3n) is 11.8. The SMILES string of the molecule is CC(Cn1cnc2c(N)ncnc21)OCP1NC(C)(C(=O)OC2CC3(CCCCC3)C2)N1C(C)(C)C(=O)OC1CC2(CCCCC2)C1. The van der Waals surface area contributed by atoms with Crippen molar-refractivity contribution in [1.82, 2.24) is 29.3 Å². The van der Waals surface area contributed by atoms with Gasteiger partial charge in [-0.25, -0.2) is 24.4 Å². The quantitative estimate of drug-likeness (QED) is 0.234. The van der Waals surface area contributed by atoms with Crippen LogP contribution in [0.15, 0.2) is 12.7 Å². The first-order valence-electron chi connectivity index (χ1n) is 17.7. The number of hydrogen-bond donors (Lipinski definition) is 2. The summed E-state index contributed by atoms with van der Waals surface area (Å²) in [5.41, 5.74) is 5.67. The molecule has 2 aromatic heterocycles. The third kappa shape index (κ3) is 6.17. The third-order valence-corrected chi connectivity index (χ3v) is 14.3. The molecular weight excluding hydrogens is 617 g/mol. The smallest absolute Gasteiger partial charge is 0.342 e. The van der Waals surface area contributed by atoms with Gasteiger partial charge in [-0.3, -0.25) is 9.88 Å². The molecule has 3 N–H and O–H groups in total. The van der Waals surface area contributed by atoms with Crippen LogP contribution in [0.3, 0.4) is 0 Å². The molecule has 7 rings (SSSR count). The fraction of sp³-hybridized carbons (Fsp3) is 0.794. The summed E-state index contributed by atoms with van der Waals surface area (Å²) in [6.07, 6.45) is 19.6. The topological polar surface area (TPSA) is 147 Å². The van der Waals surface area contributed by atoms with Gasteiger partial charge in [0.2, 0.25) is 0 Å². The van der Waals surface area contributed by atoms with E-state index in [9.17, 15) is 9.59 Å². The highest BCUT2D eigenvalue weighted by molar-refractivity contribution is 7.54. The maximum Gasteiger partial charge on any atom is 0.342 e. The van der Waals surface area contributed by atoms with Gasteiger partial charge in [-0.1, -0.05) is 38.5 Å². The molecule has 12 nitrogen and oxygen atoms in total. The number of nitrogens with zero attached hydrogens (tertiary/aromatic N) is 5. The van der Waals surface area contributed by atoms with Crippen LogP contribution in [0, 0.1) is 10.8 Å². The minimum absolute atomic E-state index is 0.0562. The standard InChI is InChI=1S/C34H52N7O5P/c1-23(19-40-21-38-26-27(35)36-20-37-28(26)40)44-22-47-39-32(4,30(43)46-25-17-34(18-25)13-9-6-10-14-34)41(47)31(2,3)29(42)45-24-15-33(16-24)11-7-5-8-12-33/h20-21,23-25,39H,5-19,22H2,1-4H3,(H2,35,36,37). The Morgan fingerprint density at radius 1 is 0.979 bits per heavy atom. The monoisotopic (exact) mass is 669 g/mol. The number of imidazole rings is 1. The largest absolute Gasteiger partial charge is 0.461 e. The minimum atomic E-state index is -1.21. The Bertz CT molecular complexity index is 1420. The molecule has 1 aliphatic heterocycles. The Kier molecular flexibility index (Phi) is 8.80. The van der Waals surface area contributed by atoms with Crippen molar-refractivity contribution >= 4 is 37.1 Å². The average Bonchev–Trinajstić information content (AvgIpc) is 3.41. The van der Waals surface area contributed by atoms with Gasteiger partial charge in [0.05, 0.1) is 33.5 Å². The number of ether oxygens (including phenoxy) is 3. The molecule has 3 unspecified atom stereocenters. The molecule has 0 aromatic carbocycles. The fourth-order valence-corrected chi connectivity index (χ4v) is 11.8. The van der Waals surface area contributed by atoms with Crippen molar-refractivity contribution in [1.29, 1.82) is 0 Å². The van der Waals surface area contributed by atoms with E-state index in [2.05, 4.69) is 20.0 Å². The van der Waals surface area contributed by atoms with Crippen molar-refractivity contribution in [2.45, 2.75) is 154 Å². The van der Waals surface area contributed by atoms with Gasteiger partial charge in [-0.05, 0) is 89.9 Å². The first-order chi connectivity index (χ1) is 22.4. The first-order valence-corrected chi connectivity index (χ1v) is 19.2. The van der Waals surface area contributed by atoms with E-state index in [0.717, 1.165) is 25.7 Å². The van der Waals surface area contributed by atoms with Crippen LogP contribution < -0.4 is 10.8 Å². The minimum Gasteiger partial charge on any atom is -0.461 e. The normalized spacial score (nSPS) is 29.5. The van der Waals surface area contributed by atoms with E-state index < -0.39 is 19.4 Å². The van der Waals surface area contributed by atoms with Gasteiger partial charge in [0.15, 0.2) is 17.1 Å². The van der Waals surface area contributed by atoms with E-state index in [1.54, 1.807) is 6.33 Å². The highest BCUT2D eigenvalue weighted by Gasteiger charge is 2.64. The molecule has 3 heterocycles. The number of rotatable bonds is 10. The number of fused-ring (bicyclic) bond motifs is 1. The summed E-state index contributed by atoms with van der Waals surface area (Å²) in [7, 11) is -1.21. The van der Waals surface area contributed by atoms with E-state index in [1.807, 2.05) is 36.9 Å². The Morgan fingerprint density at radius 3 is 2.19 bits per heavy atom. The molecule has 2 spiro atoms. The van der Waals surface area contributed by atoms with E-state index >= 15 is 0 Å². The van der Waals surface area contributed by atoms with Crippen LogP contribution in [0.2, 0.25) is 0 Å². The molecule has 5 aliphatic rings. The van der Waals surface area contributed by atoms with Crippen molar-refractivity contribution in [2.75, 3.05) is 12.1 Å². The van der Waals surface area contributed by atoms with Crippen molar-refractivity contribution < 1.29 is 23.8 Å². The number of hydrogen-bond acceptors (Lipinski definition) is 11. The van der Waals surface area contributed by atoms with Gasteiger partial charge in [-0.2, -0.15) is 0 Å². The summed E-state index contributed by atoms with van der Waals surface area (Å²) in [5.74, 6) is -0.277. The summed E-state index contributed by atoms with van der Waals surface area (Å²) < 4.78 is 22.6. The molecule has 2 aromatic rings. The van der Waals surface area contributed by atoms with Crippen LogP contribution in [0.5, 0.6) is 0 Å². The predicted octanol–water partition coefficient (Wildman–Crippen LogP) is 5.80. The van der Waals surface area contributed by atoms with E-state index in [1.165, 1.54) is 70.5 Å². The van der Waals surface area contributed by atoms with Crippen molar-refractivity contribution in [3.05, 3.63) is 12.7 Å². The molecule has 5 fully saturated rings. The number of nitrogens with two attached hydrogens (primary N) is 1. The zero-order chi connectivity index (χ0) is 33.0. The summed E-state index contributed by atoms with van der Waals surface area (Å²) in [6, 6.07) is 0. The highest BCUT2D eigenvalue weighted by atomic mass is 31.1. The second-order valence-electron chi connectivity index (χ2n) is 15.9. The first kappa shape index (κ1) is 33.1. The number of nitrogen functional groups attached to an aromatic ring is 1. The number of anilines is 1. The lowest BCUT2D eigenvalue weighted by Gasteiger charge is -2.60. The Hall–Kier alpha value is -2.40. The lowest BCUT2D eigenvalue weighted by atomic mass is 9.59. The number of nitrogens with one attached hydrogen (secondary N) is 1. The predicted molar refractivity (Wildman–Crippen MR) is 179 cm³/mol. The molecule has 13 heteroatoms. The van der Waals surface area contributed by atoms with Gasteiger partial charge >= 0.3 is 11.9 Å². The Balaban J connectivity index is 1.01. The molecule has 4 aliphatic carbocycles. The molecule has 0 amide bonds. The van der Waals surface area contributed by atoms with Gasteiger partial charge in [0.1, 0.15) is 29.6 Å². The van der Waals surface area contributed by atoms with E-state index in [4.69, 9.17) is 19.9 Å². The zero-order valence-electron chi connectivity index (χ0n) is 28.5. The summed E-state index contributed by atoms with van der Waals surface area (Å²) in [6.45, 7) is 8.07. The van der Waals surface area contributed by atoms with Crippen LogP contribution >= 0.6 is 8.22 Å². The van der Waals surface area contributed by atoms with E-state index in [-0.39, 0.29) is 30.3 Å². The van der Waals surface area contributed by atoms with Crippen LogP contribution in [0.1, 0.15) is 118 Å². The van der Waals surface area contributed by atoms with Gasteiger partial charge in [-0.15, -0.1) is 0 Å². The lowest BCUT2D eigenvalue weighted by molar-refractivity contribution is -0.188. The van der Waals surface area contributed by atoms with Gasteiger partial charge in [0, 0.05) is 0 Å². The molecule has 258 valence electrons. The molecule has 1 saturated heterocycles. The molecule has 3 atom stereocenters. The highest BCUT2D eigenvalue weighted by Crippen LogP contribution is 2.59. The average molecular weight is 670 g/mol. The molecular formula is C34H52N7O5P. The van der Waals surface area contributed by atoms with Crippen LogP contribution in [-0.4, -0.2) is 72.0 Å². The number of esters is 2. The van der Waals surface area contributed by atoms with Crippen LogP contribution in [-0.2, 0) is 30.3 Å². The van der Waals surface area contributed by atoms with Crippen molar-refractivity contribution in [3.63, 3.8) is 0 Å². The Labute approximate surface area is 279 Å². The maximum absolute atomic E-state index is 13.9. The van der Waals surface area contributed by atoms with Gasteiger partial charge < -0.3 is 24.5 Å². The summed E-state index contributed by atoms with van der Waals surface area (Å²) in [4.78, 5) is 40.5. The van der Waals surface area contributed by atoms with Gasteiger partial charge in [0.25, 0.3) is 0 Å². The maximum atomic E-state index is 13.9. The molecule has 4 saturated carbocycles. The second-order valence-corrected chi connectivity index (χ2v) is 17.6. The fourth-order valence-electron chi connectivity index (χ4n) is 9.24. The number of aromatic nitrogens is 4.